The molecule has 0 amide bonds. The summed E-state index contributed by atoms with van der Waals surface area (Å²) in [5, 5.41) is 0. The highest BCUT2D eigenvalue weighted by molar-refractivity contribution is 6.05. The molecule has 16 heavy (non-hydrogen) atoms. The van der Waals surface area contributed by atoms with Gasteiger partial charge < -0.3 is 4.74 Å². The van der Waals surface area contributed by atoms with Crippen molar-refractivity contribution in [1.82, 2.24) is 0 Å². The summed E-state index contributed by atoms with van der Waals surface area (Å²) in [5.74, 6) is -2.83. The molecule has 0 saturated heterocycles. The minimum absolute atomic E-state index is 0.0666. The number of ketones is 1. The van der Waals surface area contributed by atoms with Gasteiger partial charge in [0.2, 0.25) is 5.82 Å². The molecule has 1 aromatic rings. The maximum absolute atomic E-state index is 13.1. The number of hydrogen-bond donors (Lipinski definition) is 0. The van der Waals surface area contributed by atoms with Gasteiger partial charge in [0.05, 0.1) is 7.11 Å². The van der Waals surface area contributed by atoms with Crippen LogP contribution in [0.1, 0.15) is 24.2 Å². The fourth-order valence-corrected chi connectivity index (χ4v) is 1.20. The van der Waals surface area contributed by atoms with E-state index < -0.39 is 11.6 Å². The molecule has 4 heteroatoms. The summed E-state index contributed by atoms with van der Waals surface area (Å²) >= 11 is 0. The third-order valence-electron chi connectivity index (χ3n) is 1.92. The van der Waals surface area contributed by atoms with Crippen LogP contribution in [0, 0.1) is 11.6 Å². The van der Waals surface area contributed by atoms with Gasteiger partial charge in [-0.2, -0.15) is 4.39 Å². The monoisotopic (exact) mass is 226 g/mol. The average Bonchev–Trinajstić information content (AvgIpc) is 2.20. The van der Waals surface area contributed by atoms with Crippen molar-refractivity contribution in [1.29, 1.82) is 0 Å². The van der Waals surface area contributed by atoms with Crippen molar-refractivity contribution in [3.05, 3.63) is 41.0 Å². The molecular weight excluding hydrogens is 214 g/mol. The lowest BCUT2D eigenvalue weighted by Crippen LogP contribution is -2.00. The Hall–Kier alpha value is -1.71. The number of benzene rings is 1. The molecule has 0 unspecified atom stereocenters. The minimum atomic E-state index is -1.09. The quantitative estimate of drug-likeness (QED) is 0.584. The molecule has 0 fully saturated rings. The number of carbonyl (C=O) groups excluding carboxylic acids is 1. The second-order valence-electron chi connectivity index (χ2n) is 3.56. The molecule has 0 N–H and O–H groups in total. The van der Waals surface area contributed by atoms with E-state index in [1.807, 2.05) is 0 Å². The smallest absolute Gasteiger partial charge is 0.200 e. The Morgan fingerprint density at radius 1 is 1.31 bits per heavy atom. The van der Waals surface area contributed by atoms with E-state index in [1.165, 1.54) is 19.3 Å². The van der Waals surface area contributed by atoms with Gasteiger partial charge in [0.15, 0.2) is 17.3 Å². The number of allylic oxidation sites excluding steroid dienone is 2. The number of rotatable bonds is 3. The molecule has 0 heterocycles. The molecule has 2 nitrogen and oxygen atoms in total. The fraction of sp³-hybridized carbons (Fsp3) is 0.250. The maximum Gasteiger partial charge on any atom is 0.200 e. The molecule has 0 atom stereocenters. The normalized spacial score (nSPS) is 9.81. The highest BCUT2D eigenvalue weighted by Crippen LogP contribution is 2.22. The first kappa shape index (κ1) is 12.4. The molecule has 1 aromatic carbocycles. The Labute approximate surface area is 92.5 Å². The maximum atomic E-state index is 13.1. The van der Waals surface area contributed by atoms with Crippen molar-refractivity contribution >= 4 is 5.78 Å². The van der Waals surface area contributed by atoms with Crippen LogP contribution >= 0.6 is 0 Å². The Morgan fingerprint density at radius 3 is 2.44 bits per heavy atom. The van der Waals surface area contributed by atoms with Gasteiger partial charge in [-0.05, 0) is 32.1 Å². The molecule has 0 spiro atoms. The van der Waals surface area contributed by atoms with E-state index in [-0.39, 0.29) is 17.1 Å². The van der Waals surface area contributed by atoms with Gasteiger partial charge in [0, 0.05) is 5.56 Å². The number of halogens is 2. The predicted octanol–water partition coefficient (Wildman–Crippen LogP) is 3.12. The first-order chi connectivity index (χ1) is 7.45. The third-order valence-corrected chi connectivity index (χ3v) is 1.92. The van der Waals surface area contributed by atoms with E-state index in [2.05, 4.69) is 4.74 Å². The number of ether oxygens (including phenoxy) is 1. The summed E-state index contributed by atoms with van der Waals surface area (Å²) in [6.45, 7) is 3.49. The highest BCUT2D eigenvalue weighted by atomic mass is 19.2. The molecule has 0 aliphatic heterocycles. The summed E-state index contributed by atoms with van der Waals surface area (Å²) < 4.78 is 30.8. The van der Waals surface area contributed by atoms with Crippen molar-refractivity contribution in [3.8, 4) is 5.75 Å². The van der Waals surface area contributed by atoms with Gasteiger partial charge in [-0.1, -0.05) is 5.57 Å². The lowest BCUT2D eigenvalue weighted by molar-refractivity contribution is 0.104. The van der Waals surface area contributed by atoms with Gasteiger partial charge in [-0.15, -0.1) is 0 Å². The van der Waals surface area contributed by atoms with E-state index in [4.69, 9.17) is 0 Å². The molecular formula is C12H12F2O2. The number of carbonyl (C=O) groups is 1. The highest BCUT2D eigenvalue weighted by Gasteiger charge is 2.14. The topological polar surface area (TPSA) is 26.3 Å². The molecule has 0 aliphatic rings. The van der Waals surface area contributed by atoms with Crippen molar-refractivity contribution < 1.29 is 18.3 Å². The summed E-state index contributed by atoms with van der Waals surface area (Å²) in [5.41, 5.74) is 0.852. The van der Waals surface area contributed by atoms with Crippen LogP contribution in [0.15, 0.2) is 23.8 Å². The molecule has 1 rings (SSSR count). The molecule has 0 aliphatic carbocycles. The molecule has 86 valence electrons. The van der Waals surface area contributed by atoms with Crippen LogP contribution in [0.5, 0.6) is 5.75 Å². The average molecular weight is 226 g/mol. The van der Waals surface area contributed by atoms with Crippen molar-refractivity contribution in [2.75, 3.05) is 7.11 Å². The summed E-state index contributed by atoms with van der Waals surface area (Å²) in [6, 6.07) is 2.04. The van der Waals surface area contributed by atoms with Gasteiger partial charge in [-0.3, -0.25) is 4.79 Å². The lowest BCUT2D eigenvalue weighted by atomic mass is 10.1. The number of hydrogen-bond acceptors (Lipinski definition) is 2. The zero-order valence-corrected chi connectivity index (χ0v) is 9.30. The Balaban J connectivity index is 3.21. The zero-order valence-electron chi connectivity index (χ0n) is 9.30. The predicted molar refractivity (Wildman–Crippen MR) is 56.7 cm³/mol. The van der Waals surface area contributed by atoms with Crippen molar-refractivity contribution in [2.24, 2.45) is 0 Å². The van der Waals surface area contributed by atoms with E-state index in [1.54, 1.807) is 13.8 Å². The van der Waals surface area contributed by atoms with E-state index >= 15 is 0 Å². The second-order valence-corrected chi connectivity index (χ2v) is 3.56. The van der Waals surface area contributed by atoms with Gasteiger partial charge in [-0.25, -0.2) is 4.39 Å². The van der Waals surface area contributed by atoms with E-state index in [0.29, 0.717) is 0 Å². The third kappa shape index (κ3) is 2.66. The van der Waals surface area contributed by atoms with Crippen molar-refractivity contribution in [2.45, 2.75) is 13.8 Å². The zero-order chi connectivity index (χ0) is 12.3. The largest absolute Gasteiger partial charge is 0.494 e. The first-order valence-corrected chi connectivity index (χ1v) is 4.68. The molecule has 0 bridgehead atoms. The summed E-state index contributed by atoms with van der Waals surface area (Å²) in [4.78, 5) is 11.6. The van der Waals surface area contributed by atoms with E-state index in [0.717, 1.165) is 11.6 Å². The Bertz CT molecular complexity index is 447. The van der Waals surface area contributed by atoms with Crippen LogP contribution in [-0.2, 0) is 0 Å². The van der Waals surface area contributed by atoms with Gasteiger partial charge >= 0.3 is 0 Å². The number of methoxy groups -OCH3 is 1. The molecule has 0 aromatic heterocycles. The van der Waals surface area contributed by atoms with Crippen LogP contribution < -0.4 is 4.74 Å². The SMILES string of the molecule is COc1cc(C(=O)C=C(C)C)cc(F)c1F. The first-order valence-electron chi connectivity index (χ1n) is 4.68. The summed E-state index contributed by atoms with van der Waals surface area (Å²) in [6.07, 6.45) is 1.35. The van der Waals surface area contributed by atoms with Crippen LogP contribution in [0.3, 0.4) is 0 Å². The summed E-state index contributed by atoms with van der Waals surface area (Å²) in [7, 11) is 1.22. The second kappa shape index (κ2) is 4.88. The van der Waals surface area contributed by atoms with Gasteiger partial charge in [0.25, 0.3) is 0 Å². The molecule has 0 radical (unpaired) electrons. The lowest BCUT2D eigenvalue weighted by Gasteiger charge is -2.05. The Kier molecular flexibility index (Phi) is 3.77. The molecule has 0 saturated carbocycles. The van der Waals surface area contributed by atoms with Crippen LogP contribution in [0.2, 0.25) is 0 Å². The fourth-order valence-electron chi connectivity index (χ4n) is 1.20. The van der Waals surface area contributed by atoms with E-state index in [9.17, 15) is 13.6 Å². The Morgan fingerprint density at radius 2 is 1.94 bits per heavy atom. The standard InChI is InChI=1S/C12H12F2O2/c1-7(2)4-10(15)8-5-9(13)12(14)11(6-8)16-3/h4-6H,1-3H3. The van der Waals surface area contributed by atoms with Crippen LogP contribution in [0.25, 0.3) is 0 Å². The van der Waals surface area contributed by atoms with Crippen LogP contribution in [0.4, 0.5) is 8.78 Å². The van der Waals surface area contributed by atoms with Crippen molar-refractivity contribution in [3.63, 3.8) is 0 Å². The minimum Gasteiger partial charge on any atom is -0.494 e. The van der Waals surface area contributed by atoms with Gasteiger partial charge in [0.1, 0.15) is 0 Å². The van der Waals surface area contributed by atoms with Crippen LogP contribution in [-0.4, -0.2) is 12.9 Å².